The minimum absolute atomic E-state index is 0.126. The number of carbonyl (C=O) groups is 1. The largest absolute Gasteiger partial charge is 0.354 e. The van der Waals surface area contributed by atoms with Gasteiger partial charge in [0.25, 0.3) is 0 Å². The number of piperidine rings is 1. The third kappa shape index (κ3) is 1.94. The van der Waals surface area contributed by atoms with Gasteiger partial charge in [0.2, 0.25) is 5.91 Å². The highest BCUT2D eigenvalue weighted by atomic mass is 32.1. The lowest BCUT2D eigenvalue weighted by Gasteiger charge is -2.37. The number of hydrogen-bond donors (Lipinski definition) is 1. The summed E-state index contributed by atoms with van der Waals surface area (Å²) in [4.78, 5) is 26.6. The summed E-state index contributed by atoms with van der Waals surface area (Å²) in [5.41, 5.74) is 1.47. The van der Waals surface area contributed by atoms with Crippen molar-refractivity contribution in [1.29, 1.82) is 0 Å². The van der Waals surface area contributed by atoms with Gasteiger partial charge in [-0.25, -0.2) is 9.97 Å². The number of thiophene rings is 1. The van der Waals surface area contributed by atoms with E-state index in [1.54, 1.807) is 0 Å². The zero-order chi connectivity index (χ0) is 15.6. The van der Waals surface area contributed by atoms with Gasteiger partial charge in [-0.05, 0) is 44.6 Å². The molecule has 0 saturated carbocycles. The van der Waals surface area contributed by atoms with Gasteiger partial charge < -0.3 is 10.2 Å². The van der Waals surface area contributed by atoms with Crippen molar-refractivity contribution in [1.82, 2.24) is 15.3 Å². The molecule has 1 amide bonds. The van der Waals surface area contributed by atoms with Crippen molar-refractivity contribution >= 4 is 33.3 Å². The lowest BCUT2D eigenvalue weighted by Crippen LogP contribution is -2.46. The highest BCUT2D eigenvalue weighted by Crippen LogP contribution is 2.42. The molecule has 2 aromatic rings. The van der Waals surface area contributed by atoms with Gasteiger partial charge in [-0.1, -0.05) is 0 Å². The Hall–Kier alpha value is -1.69. The second-order valence-electron chi connectivity index (χ2n) is 6.89. The number of fused-ring (bicyclic) bond motifs is 4. The van der Waals surface area contributed by atoms with Crippen molar-refractivity contribution in [3.63, 3.8) is 0 Å². The molecule has 0 unspecified atom stereocenters. The second kappa shape index (κ2) is 4.90. The maximum Gasteiger partial charge on any atom is 0.225 e. The summed E-state index contributed by atoms with van der Waals surface area (Å²) >= 11 is 1.84. The van der Waals surface area contributed by atoms with Gasteiger partial charge in [-0.2, -0.15) is 0 Å². The molecule has 5 rings (SSSR count). The summed E-state index contributed by atoms with van der Waals surface area (Å²) in [5.74, 6) is 2.27. The van der Waals surface area contributed by atoms with Crippen LogP contribution < -0.4 is 10.2 Å². The molecular weight excluding hydrogens is 308 g/mol. The first-order valence-corrected chi connectivity index (χ1v) is 9.37. The van der Waals surface area contributed by atoms with Crippen LogP contribution in [0.5, 0.6) is 0 Å². The quantitative estimate of drug-likeness (QED) is 0.872. The van der Waals surface area contributed by atoms with E-state index in [2.05, 4.69) is 10.2 Å². The summed E-state index contributed by atoms with van der Waals surface area (Å²) in [7, 11) is 0. The minimum Gasteiger partial charge on any atom is -0.354 e. The number of aromatic nitrogens is 2. The molecule has 3 aliphatic rings. The molecule has 1 aliphatic carbocycles. The van der Waals surface area contributed by atoms with Crippen LogP contribution in [0.4, 0.5) is 5.82 Å². The highest BCUT2D eigenvalue weighted by molar-refractivity contribution is 7.19. The first-order chi connectivity index (χ1) is 11.2. The van der Waals surface area contributed by atoms with E-state index in [1.165, 1.54) is 28.7 Å². The predicted octanol–water partition coefficient (Wildman–Crippen LogP) is 2.20. The summed E-state index contributed by atoms with van der Waals surface area (Å²) in [6.45, 7) is 3.72. The zero-order valence-electron chi connectivity index (χ0n) is 13.3. The third-order valence-corrected chi connectivity index (χ3v) is 6.72. The van der Waals surface area contributed by atoms with Gasteiger partial charge >= 0.3 is 0 Å². The fraction of sp³-hybridized carbons (Fsp3) is 0.588. The Labute approximate surface area is 139 Å². The van der Waals surface area contributed by atoms with Crippen molar-refractivity contribution < 1.29 is 4.79 Å². The molecule has 2 saturated heterocycles. The molecule has 6 heteroatoms. The van der Waals surface area contributed by atoms with Crippen LogP contribution in [-0.2, 0) is 17.6 Å². The maximum atomic E-state index is 12.1. The summed E-state index contributed by atoms with van der Waals surface area (Å²) in [6, 6.07) is 0.255. The summed E-state index contributed by atoms with van der Waals surface area (Å²) in [6.07, 6.45) is 5.64. The number of aryl methyl sites for hydroxylation is 3. The van der Waals surface area contributed by atoms with Crippen LogP contribution in [0.1, 0.15) is 35.5 Å². The van der Waals surface area contributed by atoms with E-state index in [4.69, 9.17) is 9.97 Å². The monoisotopic (exact) mass is 328 g/mol. The van der Waals surface area contributed by atoms with Crippen molar-refractivity contribution in [3.05, 3.63) is 16.3 Å². The summed E-state index contributed by atoms with van der Waals surface area (Å²) in [5, 5.41) is 4.32. The molecule has 0 bridgehead atoms. The number of nitrogens with zero attached hydrogens (tertiary/aromatic N) is 3. The molecule has 120 valence electrons. The Bertz CT molecular complexity index is 815. The molecule has 4 heterocycles. The van der Waals surface area contributed by atoms with Crippen LogP contribution in [0, 0.1) is 12.8 Å². The molecule has 2 aliphatic heterocycles. The first kappa shape index (κ1) is 13.7. The number of rotatable bonds is 1. The normalized spacial score (nSPS) is 26.5. The standard InChI is InChI=1S/C17H20N4OS/c1-9-19-15(14-11-4-2-6-13(11)23-17(14)20-9)21-7-3-5-10-12(21)8-18-16(10)22/h10,12H,2-8H2,1H3,(H,18,22)/t10-,12-/m1/s1. The molecular formula is C17H20N4OS. The Morgan fingerprint density at radius 1 is 1.26 bits per heavy atom. The van der Waals surface area contributed by atoms with E-state index in [-0.39, 0.29) is 17.9 Å². The van der Waals surface area contributed by atoms with E-state index in [0.29, 0.717) is 0 Å². The average molecular weight is 328 g/mol. The van der Waals surface area contributed by atoms with E-state index in [9.17, 15) is 4.79 Å². The van der Waals surface area contributed by atoms with Gasteiger partial charge in [-0.15, -0.1) is 11.3 Å². The molecule has 0 spiro atoms. The highest BCUT2D eigenvalue weighted by Gasteiger charge is 2.42. The van der Waals surface area contributed by atoms with Crippen molar-refractivity contribution in [2.45, 2.75) is 45.1 Å². The second-order valence-corrected chi connectivity index (χ2v) is 7.97. The van der Waals surface area contributed by atoms with Gasteiger partial charge in [0.05, 0.1) is 17.3 Å². The topological polar surface area (TPSA) is 58.1 Å². The number of anilines is 1. The van der Waals surface area contributed by atoms with Crippen molar-refractivity contribution in [2.75, 3.05) is 18.0 Å². The van der Waals surface area contributed by atoms with Crippen LogP contribution in [0.25, 0.3) is 10.2 Å². The maximum absolute atomic E-state index is 12.1. The minimum atomic E-state index is 0.126. The Morgan fingerprint density at radius 2 is 2.17 bits per heavy atom. The fourth-order valence-corrected chi connectivity index (χ4v) is 5.80. The molecule has 2 atom stereocenters. The van der Waals surface area contributed by atoms with Gasteiger partial charge in [-0.3, -0.25) is 4.79 Å². The molecule has 2 aromatic heterocycles. The van der Waals surface area contributed by atoms with Gasteiger partial charge in [0.1, 0.15) is 16.5 Å². The van der Waals surface area contributed by atoms with Gasteiger partial charge in [0.15, 0.2) is 0 Å². The molecule has 1 N–H and O–H groups in total. The average Bonchev–Trinajstić information content (AvgIpc) is 3.21. The van der Waals surface area contributed by atoms with Crippen LogP contribution in [-0.4, -0.2) is 35.0 Å². The predicted molar refractivity (Wildman–Crippen MR) is 91.0 cm³/mol. The van der Waals surface area contributed by atoms with Crippen LogP contribution >= 0.6 is 11.3 Å². The van der Waals surface area contributed by atoms with Gasteiger partial charge in [0, 0.05) is 18.0 Å². The number of nitrogens with one attached hydrogen (secondary N) is 1. The number of amides is 1. The van der Waals surface area contributed by atoms with E-state index >= 15 is 0 Å². The van der Waals surface area contributed by atoms with Crippen LogP contribution in [0.3, 0.4) is 0 Å². The third-order valence-electron chi connectivity index (χ3n) is 5.53. The lowest BCUT2D eigenvalue weighted by molar-refractivity contribution is -0.122. The zero-order valence-corrected chi connectivity index (χ0v) is 14.1. The summed E-state index contributed by atoms with van der Waals surface area (Å²) < 4.78 is 0. The van der Waals surface area contributed by atoms with Crippen LogP contribution in [0.15, 0.2) is 0 Å². The van der Waals surface area contributed by atoms with Crippen molar-refractivity contribution in [3.8, 4) is 0 Å². The molecule has 2 fully saturated rings. The fourth-order valence-electron chi connectivity index (χ4n) is 4.50. The Kier molecular flexibility index (Phi) is 2.92. The molecule has 23 heavy (non-hydrogen) atoms. The molecule has 0 radical (unpaired) electrons. The van der Waals surface area contributed by atoms with E-state index < -0.39 is 0 Å². The SMILES string of the molecule is Cc1nc(N2CCC[C@H]3C(=O)NC[C@H]32)c2c3c(sc2n1)CCC3. The first-order valence-electron chi connectivity index (χ1n) is 8.55. The van der Waals surface area contributed by atoms with E-state index in [0.717, 1.165) is 48.8 Å². The smallest absolute Gasteiger partial charge is 0.225 e. The van der Waals surface area contributed by atoms with E-state index in [1.807, 2.05) is 18.3 Å². The van der Waals surface area contributed by atoms with Crippen LogP contribution in [0.2, 0.25) is 0 Å². The van der Waals surface area contributed by atoms with Crippen molar-refractivity contribution in [2.24, 2.45) is 5.92 Å². The molecule has 5 nitrogen and oxygen atoms in total. The number of carbonyl (C=O) groups excluding carboxylic acids is 1. The molecule has 0 aromatic carbocycles. The Balaban J connectivity index is 1.69. The Morgan fingerprint density at radius 3 is 3.09 bits per heavy atom. The number of hydrogen-bond acceptors (Lipinski definition) is 5. The lowest BCUT2D eigenvalue weighted by atomic mass is 9.91.